The molecule has 0 heterocycles. The van der Waals surface area contributed by atoms with E-state index in [9.17, 15) is 14.7 Å². The molecule has 3 aliphatic carbocycles. The van der Waals surface area contributed by atoms with Crippen molar-refractivity contribution in [3.63, 3.8) is 0 Å². The molecule has 3 saturated carbocycles. The molecule has 0 radical (unpaired) electrons. The number of aliphatic hydroxyl groups is 1. The van der Waals surface area contributed by atoms with Crippen molar-refractivity contribution in [3.05, 3.63) is 0 Å². The molecule has 0 aromatic carbocycles. The second-order valence-corrected chi connectivity index (χ2v) is 7.87. The third kappa shape index (κ3) is 2.73. The number of esters is 1. The van der Waals surface area contributed by atoms with E-state index in [-0.39, 0.29) is 23.9 Å². The van der Waals surface area contributed by atoms with Crippen LogP contribution in [0.15, 0.2) is 0 Å². The lowest BCUT2D eigenvalue weighted by Crippen LogP contribution is -2.71. The summed E-state index contributed by atoms with van der Waals surface area (Å²) in [5.41, 5.74) is -2.40. The van der Waals surface area contributed by atoms with Gasteiger partial charge in [0.05, 0.1) is 17.6 Å². The molecule has 5 atom stereocenters. The van der Waals surface area contributed by atoms with Crippen LogP contribution in [0.2, 0.25) is 0 Å². The Balaban J connectivity index is 2.40. The first-order valence-corrected chi connectivity index (χ1v) is 7.48. The zero-order valence-electron chi connectivity index (χ0n) is 13.7. The zero-order chi connectivity index (χ0) is 16.2. The van der Waals surface area contributed by atoms with Gasteiger partial charge in [-0.25, -0.2) is 0 Å². The average molecular weight is 298 g/mol. The molecule has 0 aromatic heterocycles. The van der Waals surface area contributed by atoms with Gasteiger partial charge in [-0.2, -0.15) is 0 Å². The normalized spacial score (nSPS) is 43.0. The van der Waals surface area contributed by atoms with Crippen LogP contribution in [0.1, 0.15) is 54.4 Å². The van der Waals surface area contributed by atoms with Gasteiger partial charge in [0.2, 0.25) is 0 Å². The van der Waals surface area contributed by atoms with Crippen molar-refractivity contribution >= 4 is 11.8 Å². The first-order chi connectivity index (χ1) is 9.38. The maximum absolute atomic E-state index is 12.3. The van der Waals surface area contributed by atoms with Gasteiger partial charge >= 0.3 is 5.97 Å². The molecular formula is C16H26O5. The summed E-state index contributed by atoms with van der Waals surface area (Å²) in [5, 5.41) is 10.8. The Hall–Kier alpha value is -0.940. The number of Topliss-reactive ketones (excluding diaryl/α,β-unsaturated/α-hetero) is 1. The summed E-state index contributed by atoms with van der Waals surface area (Å²) in [6.45, 7) is 10.7. The number of fused-ring (bicyclic) bond motifs is 3. The van der Waals surface area contributed by atoms with Crippen molar-refractivity contribution in [3.8, 4) is 0 Å². The standard InChI is InChI=1S/C16H26O5/c1-9(17)20-13-15(5)8-11(18)10(16(13,6)19)7-12(15)21-14(2,3)4/h10,12-13,19H,7-8H2,1-6H3/t10-,12+,13-,15-,16+/m1/s1. The molecule has 0 amide bonds. The molecule has 5 heteroatoms. The zero-order valence-corrected chi connectivity index (χ0v) is 13.7. The van der Waals surface area contributed by atoms with E-state index in [2.05, 4.69) is 0 Å². The summed E-state index contributed by atoms with van der Waals surface area (Å²) in [6.07, 6.45) is -0.208. The summed E-state index contributed by atoms with van der Waals surface area (Å²) < 4.78 is 11.5. The van der Waals surface area contributed by atoms with Crippen LogP contribution in [0.5, 0.6) is 0 Å². The van der Waals surface area contributed by atoms with E-state index in [4.69, 9.17) is 9.47 Å². The summed E-state index contributed by atoms with van der Waals surface area (Å²) >= 11 is 0. The van der Waals surface area contributed by atoms with Crippen LogP contribution in [0.3, 0.4) is 0 Å². The van der Waals surface area contributed by atoms with Crippen LogP contribution < -0.4 is 0 Å². The van der Waals surface area contributed by atoms with E-state index in [1.54, 1.807) is 6.92 Å². The topological polar surface area (TPSA) is 72.8 Å². The van der Waals surface area contributed by atoms with E-state index in [0.717, 1.165) is 0 Å². The van der Waals surface area contributed by atoms with Gasteiger partial charge in [0, 0.05) is 18.8 Å². The average Bonchev–Trinajstić information content (AvgIpc) is 2.25. The van der Waals surface area contributed by atoms with Crippen molar-refractivity contribution in [1.29, 1.82) is 0 Å². The quantitative estimate of drug-likeness (QED) is 0.788. The van der Waals surface area contributed by atoms with E-state index >= 15 is 0 Å². The van der Waals surface area contributed by atoms with Gasteiger partial charge in [0.25, 0.3) is 0 Å². The van der Waals surface area contributed by atoms with Gasteiger partial charge in [-0.3, -0.25) is 9.59 Å². The Kier molecular flexibility index (Phi) is 3.74. The molecule has 0 aromatic rings. The fraction of sp³-hybridized carbons (Fsp3) is 0.875. The Bertz CT molecular complexity index is 462. The molecule has 0 aliphatic heterocycles. The smallest absolute Gasteiger partial charge is 0.303 e. The maximum Gasteiger partial charge on any atom is 0.303 e. The lowest BCUT2D eigenvalue weighted by Gasteiger charge is -2.60. The van der Waals surface area contributed by atoms with Gasteiger partial charge < -0.3 is 14.6 Å². The highest BCUT2D eigenvalue weighted by Gasteiger charge is 2.67. The Morgan fingerprint density at radius 1 is 1.33 bits per heavy atom. The highest BCUT2D eigenvalue weighted by atomic mass is 16.6. The first kappa shape index (κ1) is 16.4. The van der Waals surface area contributed by atoms with Crippen molar-refractivity contribution < 1.29 is 24.2 Å². The number of ether oxygens (including phenoxy) is 2. The molecular weight excluding hydrogens is 272 g/mol. The fourth-order valence-corrected chi connectivity index (χ4v) is 3.93. The molecule has 3 rings (SSSR count). The second kappa shape index (κ2) is 4.78. The maximum atomic E-state index is 12.3. The van der Waals surface area contributed by atoms with E-state index < -0.39 is 29.0 Å². The Labute approximate surface area is 126 Å². The summed E-state index contributed by atoms with van der Waals surface area (Å²) in [4.78, 5) is 23.7. The van der Waals surface area contributed by atoms with Gasteiger partial charge in [0.1, 0.15) is 17.5 Å². The van der Waals surface area contributed by atoms with Gasteiger partial charge in [0.15, 0.2) is 0 Å². The SMILES string of the molecule is CC(=O)O[C@H]1[C@@](C)(O)[C@@H]2C[C@H](OC(C)(C)C)[C@@]1(C)CC2=O. The number of carbonyl (C=O) groups excluding carboxylic acids is 2. The Morgan fingerprint density at radius 3 is 2.38 bits per heavy atom. The molecule has 3 aliphatic rings. The highest BCUT2D eigenvalue weighted by molar-refractivity contribution is 5.86. The Morgan fingerprint density at radius 2 is 1.90 bits per heavy atom. The number of hydrogen-bond donors (Lipinski definition) is 1. The summed E-state index contributed by atoms with van der Waals surface area (Å²) in [6, 6.07) is 0. The van der Waals surface area contributed by atoms with Crippen LogP contribution in [0.4, 0.5) is 0 Å². The minimum absolute atomic E-state index is 0.0275. The predicted octanol–water partition coefficient (Wildman–Crippen LogP) is 1.85. The molecule has 120 valence electrons. The second-order valence-electron chi connectivity index (χ2n) is 7.87. The number of hydrogen-bond acceptors (Lipinski definition) is 5. The van der Waals surface area contributed by atoms with Gasteiger partial charge in [-0.15, -0.1) is 0 Å². The molecule has 21 heavy (non-hydrogen) atoms. The van der Waals surface area contributed by atoms with Gasteiger partial charge in [-0.05, 0) is 34.1 Å². The third-order valence-corrected chi connectivity index (χ3v) is 4.74. The van der Waals surface area contributed by atoms with Crippen molar-refractivity contribution in [2.24, 2.45) is 11.3 Å². The van der Waals surface area contributed by atoms with Crippen molar-refractivity contribution in [1.82, 2.24) is 0 Å². The minimum atomic E-state index is -1.34. The summed E-state index contributed by atoms with van der Waals surface area (Å²) in [5.74, 6) is -0.966. The molecule has 1 N–H and O–H groups in total. The van der Waals surface area contributed by atoms with E-state index in [1.807, 2.05) is 27.7 Å². The number of carbonyl (C=O) groups is 2. The van der Waals surface area contributed by atoms with Crippen molar-refractivity contribution in [2.45, 2.75) is 77.8 Å². The minimum Gasteiger partial charge on any atom is -0.459 e. The molecule has 5 nitrogen and oxygen atoms in total. The lowest BCUT2D eigenvalue weighted by molar-refractivity contribution is -0.266. The molecule has 2 bridgehead atoms. The van der Waals surface area contributed by atoms with Crippen LogP contribution in [0.25, 0.3) is 0 Å². The summed E-state index contributed by atoms with van der Waals surface area (Å²) in [7, 11) is 0. The number of rotatable bonds is 2. The van der Waals surface area contributed by atoms with Gasteiger partial charge in [-0.1, -0.05) is 6.92 Å². The van der Waals surface area contributed by atoms with E-state index in [1.165, 1.54) is 6.92 Å². The molecule has 0 unspecified atom stereocenters. The number of ketones is 1. The lowest BCUT2D eigenvalue weighted by atomic mass is 9.51. The fourth-order valence-electron chi connectivity index (χ4n) is 3.93. The predicted molar refractivity (Wildman–Crippen MR) is 76.6 cm³/mol. The van der Waals surface area contributed by atoms with Crippen molar-refractivity contribution in [2.75, 3.05) is 0 Å². The largest absolute Gasteiger partial charge is 0.459 e. The van der Waals surface area contributed by atoms with Crippen LogP contribution in [0, 0.1) is 11.3 Å². The molecule has 3 fully saturated rings. The van der Waals surface area contributed by atoms with Crippen LogP contribution in [-0.4, -0.2) is 40.3 Å². The molecule has 0 saturated heterocycles. The van der Waals surface area contributed by atoms with Crippen LogP contribution >= 0.6 is 0 Å². The third-order valence-electron chi connectivity index (χ3n) is 4.74. The molecule has 0 spiro atoms. The van der Waals surface area contributed by atoms with E-state index in [0.29, 0.717) is 6.42 Å². The highest BCUT2D eigenvalue weighted by Crippen LogP contribution is 2.56. The monoisotopic (exact) mass is 298 g/mol. The van der Waals surface area contributed by atoms with Crippen LogP contribution in [-0.2, 0) is 19.1 Å². The first-order valence-electron chi connectivity index (χ1n) is 7.48.